The van der Waals surface area contributed by atoms with Crippen LogP contribution >= 0.6 is 0 Å². The van der Waals surface area contributed by atoms with E-state index in [1.54, 1.807) is 0 Å². The zero-order chi connectivity index (χ0) is 16.3. The van der Waals surface area contributed by atoms with Crippen molar-refractivity contribution in [1.82, 2.24) is 0 Å². The van der Waals surface area contributed by atoms with Gasteiger partial charge >= 0.3 is 0 Å². The summed E-state index contributed by atoms with van der Waals surface area (Å²) in [5, 5.41) is 9.61. The zero-order valence-corrected chi connectivity index (χ0v) is 15.0. The number of nitrogens with two attached hydrogens (primary N) is 1. The first-order chi connectivity index (χ1) is 10.0. The minimum atomic E-state index is -0.0476. The lowest BCUT2D eigenvalue weighted by Gasteiger charge is -2.09. The molecular weight excluding hydrogens is 264 g/mol. The van der Waals surface area contributed by atoms with Crippen LogP contribution in [0.3, 0.4) is 0 Å². The van der Waals surface area contributed by atoms with Gasteiger partial charge in [-0.3, -0.25) is 0 Å². The summed E-state index contributed by atoms with van der Waals surface area (Å²) in [5.74, 6) is 0. The quantitative estimate of drug-likeness (QED) is 0.312. The maximum Gasteiger partial charge on any atom is 0.105 e. The summed E-state index contributed by atoms with van der Waals surface area (Å²) in [6.45, 7) is 5.17. The lowest BCUT2D eigenvalue weighted by atomic mass is 10.1. The number of hydrogen-bond acceptors (Lipinski definition) is 3. The van der Waals surface area contributed by atoms with Crippen molar-refractivity contribution in [3.63, 3.8) is 0 Å². The van der Waals surface area contributed by atoms with Gasteiger partial charge in [-0.1, -0.05) is 71.6 Å². The van der Waals surface area contributed by atoms with Crippen molar-refractivity contribution < 1.29 is 9.80 Å². The second-order valence-corrected chi connectivity index (χ2v) is 5.91. The molecule has 0 heterocycles. The molecule has 1 atom stereocenters. The highest BCUT2D eigenvalue weighted by molar-refractivity contribution is 4.48. The molecule has 0 bridgehead atoms. The molecule has 0 aromatic heterocycles. The molecule has 21 heavy (non-hydrogen) atoms. The fourth-order valence-corrected chi connectivity index (χ4v) is 1.94. The van der Waals surface area contributed by atoms with Gasteiger partial charge in [-0.05, 0) is 12.8 Å². The van der Waals surface area contributed by atoms with Crippen molar-refractivity contribution in [3.8, 4) is 0 Å². The predicted octanol–water partition coefficient (Wildman–Crippen LogP) is 3.25. The van der Waals surface area contributed by atoms with E-state index in [-0.39, 0.29) is 11.3 Å². The van der Waals surface area contributed by atoms with Crippen molar-refractivity contribution in [2.45, 2.75) is 90.7 Å². The largest absolute Gasteiger partial charge is 0.635 e. The first-order valence-corrected chi connectivity index (χ1v) is 8.88. The topological polar surface area (TPSA) is 62.8 Å². The zero-order valence-electron chi connectivity index (χ0n) is 15.0. The van der Waals surface area contributed by atoms with E-state index in [0.29, 0.717) is 0 Å². The molecule has 130 valence electrons. The Hall–Kier alpha value is -0.160. The molecular formula is C17H40N2O2. The highest BCUT2D eigenvalue weighted by atomic mass is 16.5. The molecule has 0 fully saturated rings. The summed E-state index contributed by atoms with van der Waals surface area (Å²) in [5.41, 5.74) is 5.67. The molecule has 0 aliphatic rings. The second-order valence-electron chi connectivity index (χ2n) is 5.91. The Bertz CT molecular complexity index is 175. The molecule has 0 saturated heterocycles. The van der Waals surface area contributed by atoms with Gasteiger partial charge in [-0.2, -0.15) is 0 Å². The molecule has 0 rings (SSSR count). The summed E-state index contributed by atoms with van der Waals surface area (Å²) in [6, 6.07) is 0. The van der Waals surface area contributed by atoms with Crippen molar-refractivity contribution >= 4 is 0 Å². The van der Waals surface area contributed by atoms with E-state index in [1.807, 2.05) is 0 Å². The lowest BCUT2D eigenvalue weighted by molar-refractivity contribution is -0.802. The standard InChI is InChI=1S/C15H33NO.C2H7NO/c1-3-5-6-7-8-9-10-11-12-13-14-17-15(16)4-2;1-3(2)4/h15H,3-14,16H2,1-2H3;3H,1-2H3. The van der Waals surface area contributed by atoms with Crippen LogP contribution in [-0.4, -0.2) is 26.9 Å². The molecule has 0 amide bonds. The first kappa shape index (κ1) is 23.1. The van der Waals surface area contributed by atoms with Gasteiger partial charge in [-0.15, -0.1) is 0 Å². The molecule has 0 radical (unpaired) electrons. The maximum atomic E-state index is 9.44. The van der Waals surface area contributed by atoms with E-state index in [0.717, 1.165) is 13.0 Å². The third kappa shape index (κ3) is 28.7. The number of nitrogens with one attached hydrogen (secondary N) is 1. The Labute approximate surface area is 133 Å². The average molecular weight is 305 g/mol. The smallest absolute Gasteiger partial charge is 0.105 e. The van der Waals surface area contributed by atoms with Gasteiger partial charge in [-0.25, -0.2) is 0 Å². The number of unbranched alkanes of at least 4 members (excludes halogenated alkanes) is 9. The van der Waals surface area contributed by atoms with Gasteiger partial charge in [0.2, 0.25) is 0 Å². The number of hydroxylamine groups is 2. The van der Waals surface area contributed by atoms with Crippen LogP contribution in [0.15, 0.2) is 0 Å². The van der Waals surface area contributed by atoms with Gasteiger partial charge in [0.15, 0.2) is 0 Å². The lowest BCUT2D eigenvalue weighted by Crippen LogP contribution is -3.00. The number of ether oxygens (including phenoxy) is 1. The third-order valence-electron chi connectivity index (χ3n) is 3.23. The Morgan fingerprint density at radius 3 is 1.62 bits per heavy atom. The van der Waals surface area contributed by atoms with Crippen molar-refractivity contribution in [3.05, 3.63) is 5.21 Å². The summed E-state index contributed by atoms with van der Waals surface area (Å²) in [7, 11) is 3.06. The molecule has 0 aliphatic carbocycles. The van der Waals surface area contributed by atoms with E-state index < -0.39 is 0 Å². The van der Waals surface area contributed by atoms with Crippen LogP contribution in [-0.2, 0) is 4.74 Å². The molecule has 4 heteroatoms. The molecule has 1 unspecified atom stereocenters. The van der Waals surface area contributed by atoms with Gasteiger partial charge in [0.1, 0.15) is 6.23 Å². The normalized spacial score (nSPS) is 12.1. The molecule has 4 nitrogen and oxygen atoms in total. The van der Waals surface area contributed by atoms with Gasteiger partial charge in [0, 0.05) is 6.61 Å². The van der Waals surface area contributed by atoms with Gasteiger partial charge in [0.25, 0.3) is 0 Å². The van der Waals surface area contributed by atoms with Gasteiger partial charge < -0.3 is 20.7 Å². The fraction of sp³-hybridized carbons (Fsp3) is 1.00. The maximum absolute atomic E-state index is 9.44. The SMILES string of the molecule is CCCCCCCCCCCCOC(N)CC.C[NH+](C)[O-]. The highest BCUT2D eigenvalue weighted by Gasteiger charge is 1.97. The summed E-state index contributed by atoms with van der Waals surface area (Å²) < 4.78 is 5.44. The summed E-state index contributed by atoms with van der Waals surface area (Å²) in [4.78, 5) is 0. The molecule has 0 aromatic carbocycles. The first-order valence-electron chi connectivity index (χ1n) is 8.88. The van der Waals surface area contributed by atoms with E-state index in [9.17, 15) is 5.21 Å². The van der Waals surface area contributed by atoms with Crippen LogP contribution in [0.5, 0.6) is 0 Å². The Kier molecular flexibility index (Phi) is 21.8. The average Bonchev–Trinajstić information content (AvgIpc) is 2.43. The molecule has 0 spiro atoms. The number of rotatable bonds is 13. The summed E-state index contributed by atoms with van der Waals surface area (Å²) >= 11 is 0. The van der Waals surface area contributed by atoms with E-state index >= 15 is 0 Å². The minimum Gasteiger partial charge on any atom is -0.635 e. The number of quaternary nitrogens is 1. The molecule has 0 aliphatic heterocycles. The van der Waals surface area contributed by atoms with Crippen LogP contribution in [0.2, 0.25) is 0 Å². The second kappa shape index (κ2) is 19.8. The van der Waals surface area contributed by atoms with Crippen LogP contribution in [0.4, 0.5) is 0 Å². The van der Waals surface area contributed by atoms with Crippen LogP contribution in [0, 0.1) is 5.21 Å². The third-order valence-corrected chi connectivity index (χ3v) is 3.23. The fourth-order valence-electron chi connectivity index (χ4n) is 1.94. The number of hydrogen-bond donors (Lipinski definition) is 2. The van der Waals surface area contributed by atoms with Crippen LogP contribution < -0.4 is 10.8 Å². The van der Waals surface area contributed by atoms with E-state index in [1.165, 1.54) is 78.3 Å². The Balaban J connectivity index is 0. The molecule has 0 aromatic rings. The highest BCUT2D eigenvalue weighted by Crippen LogP contribution is 2.10. The Morgan fingerprint density at radius 2 is 1.24 bits per heavy atom. The van der Waals surface area contributed by atoms with Gasteiger partial charge in [0.05, 0.1) is 14.1 Å². The van der Waals surface area contributed by atoms with Crippen molar-refractivity contribution in [2.24, 2.45) is 5.73 Å². The van der Waals surface area contributed by atoms with Crippen molar-refractivity contribution in [2.75, 3.05) is 20.7 Å². The van der Waals surface area contributed by atoms with Crippen LogP contribution in [0.1, 0.15) is 84.5 Å². The van der Waals surface area contributed by atoms with Crippen LogP contribution in [0.25, 0.3) is 0 Å². The van der Waals surface area contributed by atoms with E-state index in [4.69, 9.17) is 10.5 Å². The minimum absolute atomic E-state index is 0.0476. The molecule has 3 N–H and O–H groups in total. The Morgan fingerprint density at radius 1 is 0.857 bits per heavy atom. The van der Waals surface area contributed by atoms with Crippen molar-refractivity contribution in [1.29, 1.82) is 0 Å². The molecule has 0 saturated carbocycles. The monoisotopic (exact) mass is 304 g/mol. The summed E-state index contributed by atoms with van der Waals surface area (Å²) in [6.07, 6.45) is 14.6. The van der Waals surface area contributed by atoms with E-state index in [2.05, 4.69) is 13.8 Å². The predicted molar refractivity (Wildman–Crippen MR) is 92.2 cm³/mol.